The third-order valence-corrected chi connectivity index (χ3v) is 5.83. The van der Waals surface area contributed by atoms with Gasteiger partial charge in [-0.2, -0.15) is 5.26 Å². The van der Waals surface area contributed by atoms with E-state index in [4.69, 9.17) is 24.5 Å². The van der Waals surface area contributed by atoms with E-state index in [1.165, 1.54) is 32.7 Å². The number of hydrogen-bond acceptors (Lipinski definition) is 9. The van der Waals surface area contributed by atoms with E-state index in [1.54, 1.807) is 18.2 Å². The quantitative estimate of drug-likeness (QED) is 0.241. The van der Waals surface area contributed by atoms with Crippen LogP contribution in [0.25, 0.3) is 10.4 Å². The Hall–Kier alpha value is -2.29. The summed E-state index contributed by atoms with van der Waals surface area (Å²) in [4.78, 5) is 26.4. The van der Waals surface area contributed by atoms with Gasteiger partial charge in [0.15, 0.2) is 0 Å². The van der Waals surface area contributed by atoms with Crippen LogP contribution in [0.5, 0.6) is 0 Å². The lowest BCUT2D eigenvalue weighted by Crippen LogP contribution is -2.59. The zero-order chi connectivity index (χ0) is 22.3. The molecule has 2 rings (SSSR count). The predicted molar refractivity (Wildman–Crippen MR) is 109 cm³/mol. The number of hydrogen-bond donors (Lipinski definition) is 0. The summed E-state index contributed by atoms with van der Waals surface area (Å²) in [5.74, 6) is -1.16. The average Bonchev–Trinajstić information content (AvgIpc) is 2.68. The van der Waals surface area contributed by atoms with Crippen molar-refractivity contribution in [2.24, 2.45) is 5.11 Å². The van der Waals surface area contributed by atoms with E-state index in [9.17, 15) is 14.9 Å². The van der Waals surface area contributed by atoms with Crippen molar-refractivity contribution in [1.29, 1.82) is 5.26 Å². The van der Waals surface area contributed by atoms with Crippen molar-refractivity contribution in [2.75, 3.05) is 13.7 Å². The van der Waals surface area contributed by atoms with Crippen LogP contribution >= 0.6 is 27.7 Å². The van der Waals surface area contributed by atoms with Crippen LogP contribution in [-0.4, -0.2) is 55.4 Å². The van der Waals surface area contributed by atoms with E-state index in [2.05, 4.69) is 32.0 Å². The maximum Gasteiger partial charge on any atom is 0.303 e. The van der Waals surface area contributed by atoms with Crippen molar-refractivity contribution in [3.05, 3.63) is 38.7 Å². The number of thioether (sulfide) groups is 1. The summed E-state index contributed by atoms with van der Waals surface area (Å²) in [6.45, 7) is 2.22. The van der Waals surface area contributed by atoms with Crippen molar-refractivity contribution >= 4 is 39.6 Å². The number of benzene rings is 1. The first-order valence-corrected chi connectivity index (χ1v) is 10.4. The summed E-state index contributed by atoms with van der Waals surface area (Å²) in [5, 5.41) is 13.2. The summed E-state index contributed by atoms with van der Waals surface area (Å²) in [5.41, 5.74) is 8.73. The van der Waals surface area contributed by atoms with Crippen LogP contribution in [0.2, 0.25) is 0 Å². The van der Waals surface area contributed by atoms with Gasteiger partial charge in [-0.1, -0.05) is 32.8 Å². The van der Waals surface area contributed by atoms with Gasteiger partial charge in [0.25, 0.3) is 0 Å². The van der Waals surface area contributed by atoms with Gasteiger partial charge >= 0.3 is 11.9 Å². The van der Waals surface area contributed by atoms with Crippen LogP contribution in [0.3, 0.4) is 0 Å². The lowest BCUT2D eigenvalue weighted by Gasteiger charge is -2.43. The molecule has 1 aliphatic heterocycles. The number of carbonyl (C=O) groups excluding carboxylic acids is 2. The fraction of sp³-hybridized carbons (Fsp3) is 0.500. The minimum Gasteiger partial charge on any atom is -0.463 e. The van der Waals surface area contributed by atoms with Gasteiger partial charge in [-0.3, -0.25) is 9.59 Å². The summed E-state index contributed by atoms with van der Waals surface area (Å²) in [6.07, 6.45) is -2.75. The summed E-state index contributed by atoms with van der Waals surface area (Å²) in [7, 11) is 1.41. The van der Waals surface area contributed by atoms with Crippen LogP contribution in [0.1, 0.15) is 19.4 Å². The van der Waals surface area contributed by atoms with Crippen molar-refractivity contribution < 1.29 is 28.5 Å². The Kier molecular flexibility index (Phi) is 8.95. The van der Waals surface area contributed by atoms with Gasteiger partial charge in [0.2, 0.25) is 0 Å². The molecule has 12 heteroatoms. The molecule has 1 heterocycles. The number of rotatable bonds is 7. The summed E-state index contributed by atoms with van der Waals surface area (Å²) >= 11 is 4.56. The molecule has 0 unspecified atom stereocenters. The molecule has 0 N–H and O–H groups in total. The highest BCUT2D eigenvalue weighted by Crippen LogP contribution is 2.39. The maximum absolute atomic E-state index is 11.6. The van der Waals surface area contributed by atoms with Gasteiger partial charge in [-0.05, 0) is 23.7 Å². The fourth-order valence-corrected chi connectivity index (χ4v) is 4.72. The monoisotopic (exact) mass is 498 g/mol. The molecule has 0 amide bonds. The number of methoxy groups -OCH3 is 1. The second kappa shape index (κ2) is 11.2. The molecule has 0 saturated carbocycles. The highest BCUT2D eigenvalue weighted by atomic mass is 79.9. The molecule has 10 nitrogen and oxygen atoms in total. The van der Waals surface area contributed by atoms with Crippen molar-refractivity contribution in [3.63, 3.8) is 0 Å². The van der Waals surface area contributed by atoms with Crippen LogP contribution in [0, 0.1) is 11.3 Å². The number of esters is 2. The Labute approximate surface area is 185 Å². The van der Waals surface area contributed by atoms with Gasteiger partial charge in [0.1, 0.15) is 42.5 Å². The number of carbonyl (C=O) groups is 2. The van der Waals surface area contributed by atoms with E-state index < -0.39 is 41.7 Å². The van der Waals surface area contributed by atoms with Crippen molar-refractivity contribution in [1.82, 2.24) is 0 Å². The van der Waals surface area contributed by atoms with E-state index in [1.807, 2.05) is 0 Å². The SMILES string of the molecule is CO[C@@H]1[C@@H](N=[N+]=[N-])[C@@H](OC(C)=O)[C@@H](COC(C)=O)O[C@@H]1Sc1cc(Br)ccc1C#N. The van der Waals surface area contributed by atoms with E-state index in [0.29, 0.717) is 10.5 Å². The van der Waals surface area contributed by atoms with E-state index >= 15 is 0 Å². The highest BCUT2D eigenvalue weighted by molar-refractivity contribution is 9.10. The van der Waals surface area contributed by atoms with Gasteiger partial charge < -0.3 is 18.9 Å². The fourth-order valence-electron chi connectivity index (χ4n) is 2.91. The number of nitrogens with zero attached hydrogens (tertiary/aromatic N) is 4. The molecule has 1 saturated heterocycles. The number of nitriles is 1. The van der Waals surface area contributed by atoms with E-state index in [0.717, 1.165) is 4.47 Å². The zero-order valence-electron chi connectivity index (χ0n) is 16.4. The van der Waals surface area contributed by atoms with Gasteiger partial charge in [-0.15, -0.1) is 0 Å². The maximum atomic E-state index is 11.6. The van der Waals surface area contributed by atoms with E-state index in [-0.39, 0.29) is 6.61 Å². The lowest BCUT2D eigenvalue weighted by molar-refractivity contribution is -0.196. The molecule has 0 radical (unpaired) electrons. The van der Waals surface area contributed by atoms with Gasteiger partial charge in [-0.25, -0.2) is 0 Å². The molecule has 0 aromatic heterocycles. The van der Waals surface area contributed by atoms with Crippen LogP contribution in [0.15, 0.2) is 32.7 Å². The van der Waals surface area contributed by atoms with Crippen molar-refractivity contribution in [3.8, 4) is 6.07 Å². The molecular formula is C18H19BrN4O6S. The van der Waals surface area contributed by atoms with Gasteiger partial charge in [0, 0.05) is 35.2 Å². The molecular weight excluding hydrogens is 480 g/mol. The Balaban J connectivity index is 2.43. The average molecular weight is 499 g/mol. The minimum atomic E-state index is -1.03. The van der Waals surface area contributed by atoms with Gasteiger partial charge in [0.05, 0.1) is 5.56 Å². The Morgan fingerprint density at radius 3 is 2.67 bits per heavy atom. The first kappa shape index (κ1) is 24.0. The molecule has 0 bridgehead atoms. The van der Waals surface area contributed by atoms with Crippen molar-refractivity contribution in [2.45, 2.75) is 48.5 Å². The summed E-state index contributed by atoms with van der Waals surface area (Å²) in [6, 6.07) is 6.30. The smallest absolute Gasteiger partial charge is 0.303 e. The molecule has 1 aromatic carbocycles. The lowest BCUT2D eigenvalue weighted by atomic mass is 9.97. The largest absolute Gasteiger partial charge is 0.463 e. The Morgan fingerprint density at radius 1 is 1.37 bits per heavy atom. The second-order valence-corrected chi connectivity index (χ2v) is 8.24. The third kappa shape index (κ3) is 6.10. The highest BCUT2D eigenvalue weighted by Gasteiger charge is 2.48. The molecule has 30 heavy (non-hydrogen) atoms. The zero-order valence-corrected chi connectivity index (χ0v) is 18.8. The minimum absolute atomic E-state index is 0.220. The Bertz CT molecular complexity index is 888. The van der Waals surface area contributed by atoms with Crippen LogP contribution in [-0.2, 0) is 28.5 Å². The predicted octanol–water partition coefficient (Wildman–Crippen LogP) is 3.33. The Morgan fingerprint density at radius 2 is 2.10 bits per heavy atom. The molecule has 5 atom stereocenters. The normalized spacial score (nSPS) is 25.5. The molecule has 160 valence electrons. The standard InChI is InChI=1S/C18H19BrN4O6S/c1-9(24)27-8-13-16(28-10(2)25)15(22-23-21)17(26-3)18(29-13)30-14-6-12(19)5-4-11(14)7-20/h4-6,13,15-18H,8H2,1-3H3/t13-,15+,16+,17-,18-/m1/s1. The number of azide groups is 1. The molecule has 0 spiro atoms. The van der Waals surface area contributed by atoms with Crippen LogP contribution < -0.4 is 0 Å². The number of ether oxygens (including phenoxy) is 4. The summed E-state index contributed by atoms with van der Waals surface area (Å²) < 4.78 is 22.7. The first-order valence-electron chi connectivity index (χ1n) is 8.70. The molecule has 1 fully saturated rings. The second-order valence-electron chi connectivity index (χ2n) is 6.19. The number of halogens is 1. The molecule has 0 aliphatic carbocycles. The topological polar surface area (TPSA) is 144 Å². The molecule has 1 aliphatic rings. The first-order chi connectivity index (χ1) is 14.3. The molecule has 1 aromatic rings. The third-order valence-electron chi connectivity index (χ3n) is 4.13. The van der Waals surface area contributed by atoms with Crippen LogP contribution in [0.4, 0.5) is 0 Å².